The molecule has 3 rings (SSSR count). The lowest BCUT2D eigenvalue weighted by molar-refractivity contribution is 0.282. The van der Waals surface area contributed by atoms with Gasteiger partial charge in [-0.05, 0) is 30.7 Å². The number of fused-ring (bicyclic) bond motifs is 1. The first-order valence-corrected chi connectivity index (χ1v) is 5.93. The number of rotatable bonds is 2. The van der Waals surface area contributed by atoms with Crippen molar-refractivity contribution >= 4 is 10.9 Å². The summed E-state index contributed by atoms with van der Waals surface area (Å²) in [6.07, 6.45) is 0. The molecule has 0 atom stereocenters. The molecule has 0 bridgehead atoms. The number of nitrogens with zero attached hydrogens (tertiary/aromatic N) is 1. The number of hydrogen-bond donors (Lipinski definition) is 2. The van der Waals surface area contributed by atoms with Gasteiger partial charge in [0.25, 0.3) is 0 Å². The van der Waals surface area contributed by atoms with Gasteiger partial charge in [0.05, 0.1) is 17.8 Å². The van der Waals surface area contributed by atoms with E-state index in [0.717, 1.165) is 27.7 Å². The molecule has 0 saturated carbocycles. The van der Waals surface area contributed by atoms with E-state index >= 15 is 0 Å². The van der Waals surface area contributed by atoms with Gasteiger partial charge in [-0.25, -0.2) is 0 Å². The van der Waals surface area contributed by atoms with E-state index in [9.17, 15) is 5.11 Å². The number of aromatic amines is 1. The first-order chi connectivity index (χ1) is 8.78. The van der Waals surface area contributed by atoms with Gasteiger partial charge < -0.3 is 5.11 Å². The van der Waals surface area contributed by atoms with Crippen molar-refractivity contribution in [3.63, 3.8) is 0 Å². The Kier molecular flexibility index (Phi) is 2.61. The predicted octanol–water partition coefficient (Wildman–Crippen LogP) is 3.03. The van der Waals surface area contributed by atoms with Crippen LogP contribution in [0, 0.1) is 6.92 Å². The second kappa shape index (κ2) is 4.27. The van der Waals surface area contributed by atoms with Gasteiger partial charge in [-0.1, -0.05) is 29.8 Å². The van der Waals surface area contributed by atoms with Crippen molar-refractivity contribution in [2.24, 2.45) is 0 Å². The van der Waals surface area contributed by atoms with Gasteiger partial charge in [0.1, 0.15) is 0 Å². The number of aromatic nitrogens is 2. The highest BCUT2D eigenvalue weighted by Crippen LogP contribution is 2.27. The second-order valence-corrected chi connectivity index (χ2v) is 4.48. The number of H-pyrrole nitrogens is 1. The average Bonchev–Trinajstić information content (AvgIpc) is 2.81. The fourth-order valence-corrected chi connectivity index (χ4v) is 2.16. The van der Waals surface area contributed by atoms with Crippen LogP contribution in [-0.2, 0) is 6.61 Å². The van der Waals surface area contributed by atoms with Crippen molar-refractivity contribution < 1.29 is 5.11 Å². The fraction of sp³-hybridized carbons (Fsp3) is 0.133. The van der Waals surface area contributed by atoms with Crippen molar-refractivity contribution in [3.05, 3.63) is 53.6 Å². The van der Waals surface area contributed by atoms with E-state index in [1.807, 2.05) is 30.3 Å². The normalized spacial score (nSPS) is 11.0. The van der Waals surface area contributed by atoms with Gasteiger partial charge in [0, 0.05) is 10.9 Å². The number of aryl methyl sites for hydroxylation is 1. The first-order valence-electron chi connectivity index (χ1n) is 5.93. The quantitative estimate of drug-likeness (QED) is 0.721. The molecule has 0 aliphatic carbocycles. The Balaban J connectivity index is 2.21. The lowest BCUT2D eigenvalue weighted by Crippen LogP contribution is -1.85. The van der Waals surface area contributed by atoms with E-state index in [1.54, 1.807) is 0 Å². The Morgan fingerprint density at radius 1 is 1.17 bits per heavy atom. The Morgan fingerprint density at radius 2 is 2.06 bits per heavy atom. The summed E-state index contributed by atoms with van der Waals surface area (Å²) in [5, 5.41) is 17.7. The molecule has 0 spiro atoms. The summed E-state index contributed by atoms with van der Waals surface area (Å²) >= 11 is 0. The molecule has 1 aromatic heterocycles. The molecule has 3 nitrogen and oxygen atoms in total. The van der Waals surface area contributed by atoms with Gasteiger partial charge in [-0.15, -0.1) is 0 Å². The molecule has 18 heavy (non-hydrogen) atoms. The lowest BCUT2D eigenvalue weighted by atomic mass is 10.0. The maximum Gasteiger partial charge on any atom is 0.0999 e. The smallest absolute Gasteiger partial charge is 0.0999 e. The Morgan fingerprint density at radius 3 is 2.89 bits per heavy atom. The molecular formula is C15H14N2O. The van der Waals surface area contributed by atoms with Crippen LogP contribution in [0.1, 0.15) is 11.1 Å². The number of nitrogens with one attached hydrogen (secondary N) is 1. The van der Waals surface area contributed by atoms with Crippen molar-refractivity contribution in [2.45, 2.75) is 13.5 Å². The fourth-order valence-electron chi connectivity index (χ4n) is 2.16. The summed E-state index contributed by atoms with van der Waals surface area (Å²) < 4.78 is 0. The monoisotopic (exact) mass is 238 g/mol. The van der Waals surface area contributed by atoms with Crippen molar-refractivity contribution in [1.29, 1.82) is 0 Å². The van der Waals surface area contributed by atoms with E-state index in [0.29, 0.717) is 0 Å². The van der Waals surface area contributed by atoms with Crippen LogP contribution in [0.4, 0.5) is 0 Å². The number of aliphatic hydroxyl groups is 1. The van der Waals surface area contributed by atoms with Crippen molar-refractivity contribution in [1.82, 2.24) is 10.2 Å². The summed E-state index contributed by atoms with van der Waals surface area (Å²) in [5.74, 6) is 0. The van der Waals surface area contributed by atoms with Gasteiger partial charge >= 0.3 is 0 Å². The van der Waals surface area contributed by atoms with Gasteiger partial charge in [-0.2, -0.15) is 5.10 Å². The third-order valence-electron chi connectivity index (χ3n) is 3.10. The predicted molar refractivity (Wildman–Crippen MR) is 72.2 cm³/mol. The van der Waals surface area contributed by atoms with E-state index in [-0.39, 0.29) is 6.61 Å². The molecule has 2 N–H and O–H groups in total. The summed E-state index contributed by atoms with van der Waals surface area (Å²) in [7, 11) is 0. The largest absolute Gasteiger partial charge is 0.392 e. The first kappa shape index (κ1) is 11.0. The Hall–Kier alpha value is -2.13. The summed E-state index contributed by atoms with van der Waals surface area (Å²) in [4.78, 5) is 0. The SMILES string of the molecule is Cc1ccc2[nH]nc(-c3cccc(CO)c3)c2c1. The van der Waals surface area contributed by atoms with Crippen molar-refractivity contribution in [2.75, 3.05) is 0 Å². The summed E-state index contributed by atoms with van der Waals surface area (Å²) in [5.41, 5.74) is 5.10. The van der Waals surface area contributed by atoms with Gasteiger partial charge in [0.2, 0.25) is 0 Å². The molecule has 3 aromatic rings. The molecular weight excluding hydrogens is 224 g/mol. The minimum Gasteiger partial charge on any atom is -0.392 e. The van der Waals surface area contributed by atoms with Crippen LogP contribution in [0.3, 0.4) is 0 Å². The number of benzene rings is 2. The Labute approximate surface area is 105 Å². The molecule has 90 valence electrons. The molecule has 2 aromatic carbocycles. The number of hydrogen-bond acceptors (Lipinski definition) is 2. The second-order valence-electron chi connectivity index (χ2n) is 4.48. The highest BCUT2D eigenvalue weighted by Gasteiger charge is 2.08. The maximum absolute atomic E-state index is 9.19. The zero-order valence-electron chi connectivity index (χ0n) is 10.1. The van der Waals surface area contributed by atoms with Gasteiger partial charge in [0.15, 0.2) is 0 Å². The molecule has 0 radical (unpaired) electrons. The summed E-state index contributed by atoms with van der Waals surface area (Å²) in [6, 6.07) is 14.1. The highest BCUT2D eigenvalue weighted by atomic mass is 16.3. The molecule has 0 amide bonds. The van der Waals surface area contributed by atoms with E-state index in [2.05, 4.69) is 29.3 Å². The molecule has 3 heteroatoms. The zero-order chi connectivity index (χ0) is 12.5. The van der Waals surface area contributed by atoms with E-state index in [4.69, 9.17) is 0 Å². The molecule has 0 fully saturated rings. The number of aliphatic hydroxyl groups excluding tert-OH is 1. The molecule has 0 saturated heterocycles. The molecule has 0 unspecified atom stereocenters. The Bertz CT molecular complexity index is 701. The van der Waals surface area contributed by atoms with E-state index < -0.39 is 0 Å². The van der Waals surface area contributed by atoms with Gasteiger partial charge in [-0.3, -0.25) is 5.10 Å². The average molecular weight is 238 g/mol. The molecule has 0 aliphatic heterocycles. The zero-order valence-corrected chi connectivity index (χ0v) is 10.1. The van der Waals surface area contributed by atoms with Crippen LogP contribution in [0.15, 0.2) is 42.5 Å². The minimum atomic E-state index is 0.0508. The molecule has 1 heterocycles. The van der Waals surface area contributed by atoms with Crippen LogP contribution >= 0.6 is 0 Å². The standard InChI is InChI=1S/C15H14N2O/c1-10-5-6-14-13(7-10)15(17-16-14)12-4-2-3-11(8-12)9-18/h2-8,18H,9H2,1H3,(H,16,17). The topological polar surface area (TPSA) is 48.9 Å². The summed E-state index contributed by atoms with van der Waals surface area (Å²) in [6.45, 7) is 2.12. The van der Waals surface area contributed by atoms with Crippen LogP contribution in [0.25, 0.3) is 22.2 Å². The maximum atomic E-state index is 9.19. The van der Waals surface area contributed by atoms with Crippen LogP contribution in [0.5, 0.6) is 0 Å². The van der Waals surface area contributed by atoms with Crippen LogP contribution < -0.4 is 0 Å². The van der Waals surface area contributed by atoms with Crippen LogP contribution in [0.2, 0.25) is 0 Å². The van der Waals surface area contributed by atoms with E-state index in [1.165, 1.54) is 5.56 Å². The minimum absolute atomic E-state index is 0.0508. The highest BCUT2D eigenvalue weighted by molar-refractivity contribution is 5.93. The van der Waals surface area contributed by atoms with Crippen LogP contribution in [-0.4, -0.2) is 15.3 Å². The third kappa shape index (κ3) is 1.79. The molecule has 0 aliphatic rings. The lowest BCUT2D eigenvalue weighted by Gasteiger charge is -2.01. The third-order valence-corrected chi connectivity index (χ3v) is 3.10. The van der Waals surface area contributed by atoms with Crippen molar-refractivity contribution in [3.8, 4) is 11.3 Å².